The quantitative estimate of drug-likeness (QED) is 0.418. The highest BCUT2D eigenvalue weighted by molar-refractivity contribution is 7.07. The summed E-state index contributed by atoms with van der Waals surface area (Å²) in [5, 5.41) is 13.1. The Morgan fingerprint density at radius 1 is 1.11 bits per heavy atom. The normalized spacial score (nSPS) is 30.8. The molecule has 0 bridgehead atoms. The third-order valence-corrected chi connectivity index (χ3v) is 9.74. The highest BCUT2D eigenvalue weighted by Gasteiger charge is 2.56. The summed E-state index contributed by atoms with van der Waals surface area (Å²) in [5.74, 6) is 4.33. The fraction of sp³-hybridized carbons (Fsp3) is 0.515. The second-order valence-corrected chi connectivity index (χ2v) is 13.3. The van der Waals surface area contributed by atoms with Gasteiger partial charge >= 0.3 is 0 Å². The summed E-state index contributed by atoms with van der Waals surface area (Å²) in [6, 6.07) is 8.96. The van der Waals surface area contributed by atoms with Gasteiger partial charge in [0.1, 0.15) is 0 Å². The van der Waals surface area contributed by atoms with E-state index in [-0.39, 0.29) is 16.9 Å². The van der Waals surface area contributed by atoms with E-state index >= 15 is 0 Å². The molecule has 4 aliphatic carbocycles. The monoisotopic (exact) mass is 513 g/mol. The average Bonchev–Trinajstić information content (AvgIpc) is 3.52. The number of hydrogen-bond donors (Lipinski definition) is 1. The van der Waals surface area contributed by atoms with Crippen molar-refractivity contribution in [3.05, 3.63) is 63.5 Å². The summed E-state index contributed by atoms with van der Waals surface area (Å²) in [5.41, 5.74) is 9.86. The molecule has 0 amide bonds. The Bertz CT molecular complexity index is 1250. The molecule has 37 heavy (non-hydrogen) atoms. The van der Waals surface area contributed by atoms with E-state index in [4.69, 9.17) is 6.42 Å². The van der Waals surface area contributed by atoms with Crippen LogP contribution in [0.4, 0.5) is 0 Å². The summed E-state index contributed by atoms with van der Waals surface area (Å²) in [6.45, 7) is 8.36. The van der Waals surface area contributed by atoms with E-state index < -0.39 is 0 Å². The number of terminal acetylenes is 1. The maximum Gasteiger partial charge on any atom is 0.156 e. The fourth-order valence-corrected chi connectivity index (χ4v) is 7.73. The molecule has 5 unspecified atom stereocenters. The van der Waals surface area contributed by atoms with Gasteiger partial charge in [0.15, 0.2) is 5.78 Å². The van der Waals surface area contributed by atoms with Crippen LogP contribution in [-0.2, 0) is 4.79 Å². The summed E-state index contributed by atoms with van der Waals surface area (Å²) in [7, 11) is 0. The van der Waals surface area contributed by atoms with Crippen molar-refractivity contribution in [2.75, 3.05) is 0 Å². The van der Waals surface area contributed by atoms with Gasteiger partial charge in [-0.1, -0.05) is 36.8 Å². The Morgan fingerprint density at radius 3 is 2.49 bits per heavy atom. The summed E-state index contributed by atoms with van der Waals surface area (Å²) in [6.07, 6.45) is 13.5. The molecule has 1 aromatic carbocycles. The lowest BCUT2D eigenvalue weighted by Gasteiger charge is -2.52. The number of rotatable bonds is 2. The van der Waals surface area contributed by atoms with Crippen LogP contribution in [0.5, 0.6) is 0 Å². The maximum atomic E-state index is 12.1. The predicted molar refractivity (Wildman–Crippen MR) is 152 cm³/mol. The number of ketones is 1. The van der Waals surface area contributed by atoms with E-state index in [0.29, 0.717) is 30.0 Å². The van der Waals surface area contributed by atoms with Gasteiger partial charge in [0.2, 0.25) is 0 Å². The van der Waals surface area contributed by atoms with E-state index in [0.717, 1.165) is 49.8 Å². The smallest absolute Gasteiger partial charge is 0.156 e. The van der Waals surface area contributed by atoms with Crippen LogP contribution in [0.2, 0.25) is 0 Å². The number of aromatic nitrogens is 1. The van der Waals surface area contributed by atoms with Gasteiger partial charge in [-0.15, -0.1) is 23.7 Å². The zero-order valence-electron chi connectivity index (χ0n) is 22.6. The van der Waals surface area contributed by atoms with E-state index in [1.807, 2.05) is 32.4 Å². The van der Waals surface area contributed by atoms with Crippen LogP contribution < -0.4 is 0 Å². The van der Waals surface area contributed by atoms with Crippen LogP contribution in [0.25, 0.3) is 11.3 Å². The third-order valence-electron chi connectivity index (χ3n) is 9.16. The molecule has 2 fully saturated rings. The predicted octanol–water partition coefficient (Wildman–Crippen LogP) is 7.74. The minimum atomic E-state index is -0.203. The number of aliphatic hydroxyl groups excluding tert-OH is 1. The molecule has 4 aliphatic rings. The Kier molecular flexibility index (Phi) is 7.07. The molecule has 6 rings (SSSR count). The highest BCUT2D eigenvalue weighted by Crippen LogP contribution is 2.63. The number of carbonyl (C=O) groups excluding carboxylic acids is 1. The van der Waals surface area contributed by atoms with Crippen LogP contribution >= 0.6 is 11.3 Å². The standard InChI is InChI=1S/C27H29NO2S.C6H10/c1-27-13-22(16-2-4-17(5-3-16)24-14-31-15-28-24)26-20-9-7-19(29)12-18(20)6-8-21(26)23(27)10-11-25(27)30;1-5-6(2,3)4/h2-5,12,14-15,21-23,25,30H,6-11,13H2,1H3;1H,2-4H3. The lowest BCUT2D eigenvalue weighted by molar-refractivity contribution is -0.114. The first-order valence-electron chi connectivity index (χ1n) is 13.7. The van der Waals surface area contributed by atoms with Crippen LogP contribution in [-0.4, -0.2) is 22.0 Å². The number of allylic oxidation sites excluding steroid dienone is 4. The second-order valence-electron chi connectivity index (χ2n) is 12.6. The molecular formula is C33H39NO2S. The van der Waals surface area contributed by atoms with E-state index in [1.54, 1.807) is 16.9 Å². The van der Waals surface area contributed by atoms with Crippen molar-refractivity contribution in [2.24, 2.45) is 22.7 Å². The van der Waals surface area contributed by atoms with Gasteiger partial charge in [0, 0.05) is 28.7 Å². The van der Waals surface area contributed by atoms with Crippen molar-refractivity contribution >= 4 is 17.1 Å². The summed E-state index contributed by atoms with van der Waals surface area (Å²) >= 11 is 1.62. The molecule has 4 heteroatoms. The Hall–Kier alpha value is -2.48. The third kappa shape index (κ3) is 5.01. The molecule has 5 atom stereocenters. The average molecular weight is 514 g/mol. The first-order valence-corrected chi connectivity index (χ1v) is 14.7. The van der Waals surface area contributed by atoms with Crippen LogP contribution in [0.3, 0.4) is 0 Å². The van der Waals surface area contributed by atoms with Crippen molar-refractivity contribution in [3.8, 4) is 23.6 Å². The highest BCUT2D eigenvalue weighted by atomic mass is 32.1. The Labute approximate surface area is 226 Å². The van der Waals surface area contributed by atoms with Gasteiger partial charge in [-0.3, -0.25) is 4.79 Å². The number of nitrogens with zero attached hydrogens (tertiary/aromatic N) is 1. The van der Waals surface area contributed by atoms with Crippen LogP contribution in [0, 0.1) is 35.0 Å². The fourth-order valence-electron chi connectivity index (χ4n) is 7.17. The molecule has 0 spiro atoms. The van der Waals surface area contributed by atoms with Crippen molar-refractivity contribution in [2.45, 2.75) is 84.7 Å². The number of benzene rings is 1. The van der Waals surface area contributed by atoms with Crippen molar-refractivity contribution in [3.63, 3.8) is 0 Å². The van der Waals surface area contributed by atoms with Gasteiger partial charge in [-0.05, 0) is 99.3 Å². The Morgan fingerprint density at radius 2 is 1.84 bits per heavy atom. The van der Waals surface area contributed by atoms with E-state index in [9.17, 15) is 9.90 Å². The number of hydrogen-bond acceptors (Lipinski definition) is 4. The van der Waals surface area contributed by atoms with E-state index in [1.165, 1.54) is 16.7 Å². The summed E-state index contributed by atoms with van der Waals surface area (Å²) < 4.78 is 0. The van der Waals surface area contributed by atoms with Crippen molar-refractivity contribution in [1.29, 1.82) is 0 Å². The summed E-state index contributed by atoms with van der Waals surface area (Å²) in [4.78, 5) is 16.6. The number of thiazole rings is 1. The van der Waals surface area contributed by atoms with Crippen LogP contribution in [0.15, 0.2) is 58.0 Å². The Balaban J connectivity index is 0.000000421. The zero-order valence-corrected chi connectivity index (χ0v) is 23.4. The maximum absolute atomic E-state index is 12.1. The van der Waals surface area contributed by atoms with Gasteiger partial charge < -0.3 is 5.11 Å². The molecule has 0 saturated heterocycles. The van der Waals surface area contributed by atoms with Crippen molar-refractivity contribution in [1.82, 2.24) is 4.98 Å². The number of fused-ring (bicyclic) bond motifs is 4. The number of carbonyl (C=O) groups is 1. The second kappa shape index (κ2) is 10.0. The molecule has 0 radical (unpaired) electrons. The van der Waals surface area contributed by atoms with Gasteiger partial charge in [0.05, 0.1) is 17.3 Å². The van der Waals surface area contributed by atoms with Crippen molar-refractivity contribution < 1.29 is 9.90 Å². The molecule has 1 N–H and O–H groups in total. The van der Waals surface area contributed by atoms with Gasteiger partial charge in [-0.25, -0.2) is 4.98 Å². The number of aliphatic hydroxyl groups is 1. The molecule has 1 aromatic heterocycles. The van der Waals surface area contributed by atoms with Crippen LogP contribution in [0.1, 0.15) is 84.1 Å². The van der Waals surface area contributed by atoms with Gasteiger partial charge in [-0.2, -0.15) is 0 Å². The van der Waals surface area contributed by atoms with E-state index in [2.05, 4.69) is 47.5 Å². The molecule has 1 heterocycles. The first-order chi connectivity index (χ1) is 17.6. The minimum Gasteiger partial charge on any atom is -0.393 e. The SMILES string of the molecule is C#CC(C)(C)C.CC12CC(c3ccc(-c4cscn4)cc3)C3=C4CCC(=O)C=C4CCC3C1CCC2O. The lowest BCUT2D eigenvalue weighted by Crippen LogP contribution is -2.45. The molecule has 2 aromatic rings. The zero-order chi connectivity index (χ0) is 26.4. The molecule has 3 nitrogen and oxygen atoms in total. The molecule has 0 aliphatic heterocycles. The molecular weight excluding hydrogens is 474 g/mol. The molecule has 194 valence electrons. The van der Waals surface area contributed by atoms with Gasteiger partial charge in [0.25, 0.3) is 0 Å². The molecule has 2 saturated carbocycles. The largest absolute Gasteiger partial charge is 0.393 e. The minimum absolute atomic E-state index is 0.0152. The first kappa shape index (κ1) is 26.1. The lowest BCUT2D eigenvalue weighted by atomic mass is 9.53. The topological polar surface area (TPSA) is 50.2 Å².